The molecule has 0 aliphatic heterocycles. The molecule has 1 heteroatoms. The van der Waals surface area contributed by atoms with Crippen LogP contribution in [0.15, 0.2) is 54.6 Å². The molecule has 130 valence electrons. The Hall–Kier alpha value is -1.60. The van der Waals surface area contributed by atoms with Crippen LogP contribution in [-0.2, 0) is 12.8 Å². The predicted octanol–water partition coefficient (Wildman–Crippen LogP) is 5.73. The number of fused-ring (bicyclic) bond motifs is 1. The molecule has 0 saturated carbocycles. The van der Waals surface area contributed by atoms with Gasteiger partial charge in [0.15, 0.2) is 0 Å². The summed E-state index contributed by atoms with van der Waals surface area (Å²) in [7, 11) is 0. The summed E-state index contributed by atoms with van der Waals surface area (Å²) in [6.45, 7) is 5.17. The van der Waals surface area contributed by atoms with Crippen molar-refractivity contribution in [3.63, 3.8) is 0 Å². The van der Waals surface area contributed by atoms with Gasteiger partial charge in [0.05, 0.1) is 0 Å². The molecule has 2 N–H and O–H groups in total. The smallest absolute Gasteiger partial charge is 0.00799 e. The van der Waals surface area contributed by atoms with Crippen LogP contribution in [-0.4, -0.2) is 6.54 Å². The van der Waals surface area contributed by atoms with Crippen LogP contribution in [0.1, 0.15) is 62.1 Å². The van der Waals surface area contributed by atoms with E-state index in [9.17, 15) is 0 Å². The molecule has 0 bridgehead atoms. The van der Waals surface area contributed by atoms with E-state index in [4.69, 9.17) is 5.73 Å². The maximum Gasteiger partial charge on any atom is -0.00799 e. The first kappa shape index (κ1) is 18.7. The van der Waals surface area contributed by atoms with Gasteiger partial charge in [0.1, 0.15) is 0 Å². The number of hydrogen-bond acceptors (Lipinski definition) is 1. The summed E-state index contributed by atoms with van der Waals surface area (Å²) >= 11 is 0. The molecule has 2 aromatic rings. The van der Waals surface area contributed by atoms with Crippen LogP contribution in [0.25, 0.3) is 0 Å². The molecule has 1 atom stereocenters. The molecule has 0 aromatic heterocycles. The van der Waals surface area contributed by atoms with Crippen molar-refractivity contribution in [3.05, 3.63) is 71.3 Å². The summed E-state index contributed by atoms with van der Waals surface area (Å²) in [6, 6.07) is 20.2. The zero-order valence-electron chi connectivity index (χ0n) is 15.4. The lowest BCUT2D eigenvalue weighted by Crippen LogP contribution is -2.13. The Kier molecular flexibility index (Phi) is 8.04. The van der Waals surface area contributed by atoms with Crippen molar-refractivity contribution in [1.29, 1.82) is 0 Å². The number of nitrogens with two attached hydrogens (primary N) is 1. The van der Waals surface area contributed by atoms with Crippen LogP contribution in [0, 0.1) is 5.92 Å². The third kappa shape index (κ3) is 5.21. The maximum absolute atomic E-state index is 5.03. The lowest BCUT2D eigenvalue weighted by atomic mass is 9.81. The zero-order chi connectivity index (χ0) is 17.2. The average Bonchev–Trinajstić information content (AvgIpc) is 3.07. The van der Waals surface area contributed by atoms with E-state index in [-0.39, 0.29) is 0 Å². The molecule has 0 saturated heterocycles. The molecule has 1 unspecified atom stereocenters. The van der Waals surface area contributed by atoms with E-state index in [1.807, 2.05) is 0 Å². The van der Waals surface area contributed by atoms with Crippen molar-refractivity contribution < 1.29 is 0 Å². The lowest BCUT2D eigenvalue weighted by Gasteiger charge is -2.24. The second-order valence-corrected chi connectivity index (χ2v) is 6.89. The van der Waals surface area contributed by atoms with Crippen molar-refractivity contribution in [1.82, 2.24) is 0 Å². The summed E-state index contributed by atoms with van der Waals surface area (Å²) in [5.74, 6) is 1.52. The predicted molar refractivity (Wildman–Crippen MR) is 105 cm³/mol. The second kappa shape index (κ2) is 10.3. The van der Waals surface area contributed by atoms with Crippen LogP contribution in [0.3, 0.4) is 0 Å². The Morgan fingerprint density at radius 3 is 1.92 bits per heavy atom. The minimum atomic E-state index is 0.726. The topological polar surface area (TPSA) is 26.0 Å². The molecular weight excluding hydrogens is 290 g/mol. The summed E-state index contributed by atoms with van der Waals surface area (Å²) in [5, 5.41) is 0. The SMILES string of the molecule is CCCCC(c1ccccc1)C1Cc2ccccc2C1.CCCN. The molecule has 0 fully saturated rings. The highest BCUT2D eigenvalue weighted by atomic mass is 14.5. The Bertz CT molecular complexity index is 549. The quantitative estimate of drug-likeness (QED) is 0.721. The van der Waals surface area contributed by atoms with Crippen molar-refractivity contribution in [2.24, 2.45) is 11.7 Å². The normalized spacial score (nSPS) is 14.6. The molecule has 2 aromatic carbocycles. The Morgan fingerprint density at radius 1 is 0.875 bits per heavy atom. The Labute approximate surface area is 148 Å². The molecule has 0 radical (unpaired) electrons. The molecular formula is C23H33N. The number of hydrogen-bond donors (Lipinski definition) is 1. The number of rotatable bonds is 6. The fourth-order valence-electron chi connectivity index (χ4n) is 3.68. The largest absolute Gasteiger partial charge is 0.330 e. The summed E-state index contributed by atoms with van der Waals surface area (Å²) in [5.41, 5.74) is 9.73. The molecule has 0 heterocycles. The summed E-state index contributed by atoms with van der Waals surface area (Å²) in [4.78, 5) is 0. The van der Waals surface area contributed by atoms with Gasteiger partial charge >= 0.3 is 0 Å². The van der Waals surface area contributed by atoms with E-state index in [2.05, 4.69) is 68.4 Å². The first-order valence-electron chi connectivity index (χ1n) is 9.61. The number of unbranched alkanes of at least 4 members (excludes halogenated alkanes) is 1. The highest BCUT2D eigenvalue weighted by Crippen LogP contribution is 2.39. The van der Waals surface area contributed by atoms with Crippen molar-refractivity contribution in [3.8, 4) is 0 Å². The fourth-order valence-corrected chi connectivity index (χ4v) is 3.68. The Balaban J connectivity index is 0.000000471. The minimum absolute atomic E-state index is 0.726. The highest BCUT2D eigenvalue weighted by Gasteiger charge is 2.28. The van der Waals surface area contributed by atoms with Crippen LogP contribution in [0.2, 0.25) is 0 Å². The minimum Gasteiger partial charge on any atom is -0.330 e. The third-order valence-electron chi connectivity index (χ3n) is 5.04. The van der Waals surface area contributed by atoms with Gasteiger partial charge in [-0.2, -0.15) is 0 Å². The molecule has 24 heavy (non-hydrogen) atoms. The van der Waals surface area contributed by atoms with E-state index >= 15 is 0 Å². The average molecular weight is 324 g/mol. The molecule has 3 rings (SSSR count). The Morgan fingerprint density at radius 2 is 1.42 bits per heavy atom. The lowest BCUT2D eigenvalue weighted by molar-refractivity contribution is 0.408. The maximum atomic E-state index is 5.03. The third-order valence-corrected chi connectivity index (χ3v) is 5.04. The first-order valence-corrected chi connectivity index (χ1v) is 9.61. The first-order chi connectivity index (χ1) is 11.8. The van der Waals surface area contributed by atoms with E-state index in [0.717, 1.165) is 24.8 Å². The van der Waals surface area contributed by atoms with E-state index in [1.54, 1.807) is 16.7 Å². The van der Waals surface area contributed by atoms with E-state index < -0.39 is 0 Å². The van der Waals surface area contributed by atoms with Crippen molar-refractivity contribution >= 4 is 0 Å². The monoisotopic (exact) mass is 323 g/mol. The van der Waals surface area contributed by atoms with Gasteiger partial charge in [0.2, 0.25) is 0 Å². The van der Waals surface area contributed by atoms with Gasteiger partial charge in [-0.15, -0.1) is 0 Å². The van der Waals surface area contributed by atoms with Crippen LogP contribution in [0.5, 0.6) is 0 Å². The van der Waals surface area contributed by atoms with Gasteiger partial charge < -0.3 is 5.73 Å². The van der Waals surface area contributed by atoms with Gasteiger partial charge in [-0.3, -0.25) is 0 Å². The zero-order valence-corrected chi connectivity index (χ0v) is 15.4. The molecule has 0 amide bonds. The second-order valence-electron chi connectivity index (χ2n) is 6.89. The van der Waals surface area contributed by atoms with Crippen LogP contribution in [0.4, 0.5) is 0 Å². The van der Waals surface area contributed by atoms with Crippen molar-refractivity contribution in [2.75, 3.05) is 6.54 Å². The number of benzene rings is 2. The molecule has 1 aliphatic carbocycles. The molecule has 1 aliphatic rings. The summed E-state index contributed by atoms with van der Waals surface area (Å²) in [6.07, 6.45) is 7.59. The van der Waals surface area contributed by atoms with Gasteiger partial charge in [-0.25, -0.2) is 0 Å². The fraction of sp³-hybridized carbons (Fsp3) is 0.478. The molecule has 0 spiro atoms. The van der Waals surface area contributed by atoms with Gasteiger partial charge in [-0.1, -0.05) is 81.3 Å². The summed E-state index contributed by atoms with van der Waals surface area (Å²) < 4.78 is 0. The highest BCUT2D eigenvalue weighted by molar-refractivity contribution is 5.34. The van der Waals surface area contributed by atoms with Gasteiger partial charge in [-0.05, 0) is 60.8 Å². The van der Waals surface area contributed by atoms with Crippen molar-refractivity contribution in [2.45, 2.75) is 58.3 Å². The van der Waals surface area contributed by atoms with E-state index in [1.165, 1.54) is 32.1 Å². The van der Waals surface area contributed by atoms with E-state index in [0.29, 0.717) is 0 Å². The molecule has 1 nitrogen and oxygen atoms in total. The van der Waals surface area contributed by atoms with Crippen LogP contribution >= 0.6 is 0 Å². The van der Waals surface area contributed by atoms with Gasteiger partial charge in [0, 0.05) is 0 Å². The standard InChI is InChI=1S/C20H24.C3H9N/c1-2-3-13-20(16-9-5-4-6-10-16)19-14-17-11-7-8-12-18(17)15-19;1-2-3-4/h4-12,19-20H,2-3,13-15H2,1H3;2-4H2,1H3. The van der Waals surface area contributed by atoms with Crippen LogP contribution < -0.4 is 5.73 Å². The van der Waals surface area contributed by atoms with Gasteiger partial charge in [0.25, 0.3) is 0 Å².